The molecule has 0 aliphatic heterocycles. The molecule has 1 atom stereocenters. The summed E-state index contributed by atoms with van der Waals surface area (Å²) < 4.78 is 25.5. The smallest absolute Gasteiger partial charge is 0.249 e. The van der Waals surface area contributed by atoms with Crippen LogP contribution in [-0.2, 0) is 4.79 Å². The van der Waals surface area contributed by atoms with Gasteiger partial charge >= 0.3 is 0 Å². The lowest BCUT2D eigenvalue weighted by atomic mass is 9.85. The van der Waals surface area contributed by atoms with E-state index in [1.807, 2.05) is 0 Å². The number of carbonyl (C=O) groups excluding carboxylic acids is 1. The summed E-state index contributed by atoms with van der Waals surface area (Å²) in [5.41, 5.74) is -0.842. The summed E-state index contributed by atoms with van der Waals surface area (Å²) in [5, 5.41) is 0. The van der Waals surface area contributed by atoms with Crippen LogP contribution in [0.25, 0.3) is 0 Å². The van der Waals surface area contributed by atoms with Gasteiger partial charge in [-0.2, -0.15) is 0 Å². The molecular formula is C8H11ClF2O. The minimum Gasteiger partial charge on any atom is -0.303 e. The summed E-state index contributed by atoms with van der Waals surface area (Å²) >= 11 is 5.44. The highest BCUT2D eigenvalue weighted by Gasteiger charge is 2.48. The van der Waals surface area contributed by atoms with E-state index in [9.17, 15) is 13.6 Å². The Hall–Kier alpha value is -0.180. The Morgan fingerprint density at radius 1 is 1.42 bits per heavy atom. The number of rotatable bonds is 3. The Labute approximate surface area is 75.1 Å². The monoisotopic (exact) mass is 196 g/mol. The van der Waals surface area contributed by atoms with E-state index in [0.29, 0.717) is 12.7 Å². The fourth-order valence-corrected chi connectivity index (χ4v) is 2.06. The molecule has 0 aromatic rings. The average molecular weight is 197 g/mol. The van der Waals surface area contributed by atoms with Crippen molar-refractivity contribution >= 4 is 17.9 Å². The zero-order valence-corrected chi connectivity index (χ0v) is 7.41. The van der Waals surface area contributed by atoms with E-state index in [2.05, 4.69) is 0 Å². The summed E-state index contributed by atoms with van der Waals surface area (Å²) in [5.74, 6) is -2.39. The second kappa shape index (κ2) is 3.29. The maximum atomic E-state index is 12.7. The number of alkyl halides is 3. The van der Waals surface area contributed by atoms with Crippen LogP contribution >= 0.6 is 11.6 Å². The predicted molar refractivity (Wildman–Crippen MR) is 42.6 cm³/mol. The lowest BCUT2D eigenvalue weighted by Gasteiger charge is -2.20. The second-order valence-electron chi connectivity index (χ2n) is 3.45. The molecule has 0 heterocycles. The topological polar surface area (TPSA) is 17.1 Å². The molecule has 1 aliphatic carbocycles. The molecule has 0 spiro atoms. The van der Waals surface area contributed by atoms with Crippen LogP contribution in [-0.4, -0.2) is 18.1 Å². The van der Waals surface area contributed by atoms with Crippen molar-refractivity contribution in [2.24, 2.45) is 5.41 Å². The molecule has 1 nitrogen and oxygen atoms in total. The Kier molecular flexibility index (Phi) is 2.71. The molecule has 1 aliphatic rings. The normalized spacial score (nSPS) is 33.6. The highest BCUT2D eigenvalue weighted by atomic mass is 35.5. The van der Waals surface area contributed by atoms with Crippen LogP contribution < -0.4 is 0 Å². The van der Waals surface area contributed by atoms with Crippen LogP contribution in [0.4, 0.5) is 8.78 Å². The van der Waals surface area contributed by atoms with Crippen molar-refractivity contribution < 1.29 is 13.6 Å². The molecule has 0 N–H and O–H groups in total. The van der Waals surface area contributed by atoms with Gasteiger partial charge in [0, 0.05) is 24.1 Å². The van der Waals surface area contributed by atoms with Crippen LogP contribution in [0.5, 0.6) is 0 Å². The molecule has 1 rings (SSSR count). The van der Waals surface area contributed by atoms with Gasteiger partial charge in [0.2, 0.25) is 5.92 Å². The largest absolute Gasteiger partial charge is 0.303 e. The summed E-state index contributed by atoms with van der Waals surface area (Å²) in [6.45, 7) is 0. The van der Waals surface area contributed by atoms with E-state index < -0.39 is 11.3 Å². The van der Waals surface area contributed by atoms with E-state index in [4.69, 9.17) is 11.6 Å². The van der Waals surface area contributed by atoms with Crippen molar-refractivity contribution in [2.45, 2.75) is 31.6 Å². The second-order valence-corrected chi connectivity index (χ2v) is 3.83. The molecule has 0 amide bonds. The first-order valence-corrected chi connectivity index (χ1v) is 4.47. The van der Waals surface area contributed by atoms with E-state index in [1.54, 1.807) is 0 Å². The zero-order valence-electron chi connectivity index (χ0n) is 6.66. The SMILES string of the molecule is O=CC1(CCCl)CCC(F)(F)C1. The van der Waals surface area contributed by atoms with Gasteiger partial charge in [-0.25, -0.2) is 8.78 Å². The van der Waals surface area contributed by atoms with Gasteiger partial charge in [-0.1, -0.05) is 0 Å². The molecule has 1 saturated carbocycles. The first-order valence-electron chi connectivity index (χ1n) is 3.94. The molecule has 4 heteroatoms. The first kappa shape index (κ1) is 9.90. The molecule has 0 bridgehead atoms. The minimum atomic E-state index is -2.66. The van der Waals surface area contributed by atoms with Gasteiger partial charge in [0.1, 0.15) is 6.29 Å². The highest BCUT2D eigenvalue weighted by Crippen LogP contribution is 2.48. The number of hydrogen-bond acceptors (Lipinski definition) is 1. The van der Waals surface area contributed by atoms with Gasteiger partial charge in [0.05, 0.1) is 0 Å². The Morgan fingerprint density at radius 2 is 2.08 bits per heavy atom. The van der Waals surface area contributed by atoms with E-state index in [-0.39, 0.29) is 25.1 Å². The molecule has 1 unspecified atom stereocenters. The minimum absolute atomic E-state index is 0.178. The van der Waals surface area contributed by atoms with E-state index in [1.165, 1.54) is 0 Å². The van der Waals surface area contributed by atoms with Crippen LogP contribution in [0.2, 0.25) is 0 Å². The molecular weight excluding hydrogens is 186 g/mol. The summed E-state index contributed by atoms with van der Waals surface area (Å²) in [7, 11) is 0. The molecule has 0 radical (unpaired) electrons. The molecule has 12 heavy (non-hydrogen) atoms. The quantitative estimate of drug-likeness (QED) is 0.501. The standard InChI is InChI=1S/C8H11ClF2O/c9-4-3-7(6-12)1-2-8(10,11)5-7/h6H,1-5H2. The van der Waals surface area contributed by atoms with Gasteiger partial charge in [0.25, 0.3) is 0 Å². The zero-order chi connectivity index (χ0) is 9.24. The number of halogens is 3. The van der Waals surface area contributed by atoms with Crippen molar-refractivity contribution in [3.63, 3.8) is 0 Å². The lowest BCUT2D eigenvalue weighted by molar-refractivity contribution is -0.117. The third kappa shape index (κ3) is 1.94. The number of aldehydes is 1. The molecule has 1 fully saturated rings. The summed E-state index contributed by atoms with van der Waals surface area (Å²) in [4.78, 5) is 10.6. The Balaban J connectivity index is 2.65. The van der Waals surface area contributed by atoms with Gasteiger partial charge in [-0.15, -0.1) is 11.6 Å². The maximum Gasteiger partial charge on any atom is 0.249 e. The lowest BCUT2D eigenvalue weighted by Crippen LogP contribution is -2.22. The van der Waals surface area contributed by atoms with Gasteiger partial charge in [-0.05, 0) is 12.8 Å². The van der Waals surface area contributed by atoms with Crippen molar-refractivity contribution in [2.75, 3.05) is 5.88 Å². The molecule has 70 valence electrons. The van der Waals surface area contributed by atoms with Crippen molar-refractivity contribution in [3.8, 4) is 0 Å². The van der Waals surface area contributed by atoms with Crippen LogP contribution in [0.3, 0.4) is 0 Å². The third-order valence-corrected chi connectivity index (χ3v) is 2.63. The maximum absolute atomic E-state index is 12.7. The molecule has 0 aromatic heterocycles. The Bertz CT molecular complexity index is 184. The van der Waals surface area contributed by atoms with E-state index in [0.717, 1.165) is 0 Å². The van der Waals surface area contributed by atoms with Crippen LogP contribution in [0.15, 0.2) is 0 Å². The predicted octanol–water partition coefficient (Wildman–Crippen LogP) is 2.62. The van der Waals surface area contributed by atoms with Crippen LogP contribution in [0, 0.1) is 5.41 Å². The summed E-state index contributed by atoms with van der Waals surface area (Å²) in [6, 6.07) is 0. The molecule has 0 saturated heterocycles. The highest BCUT2D eigenvalue weighted by molar-refractivity contribution is 6.18. The Morgan fingerprint density at radius 3 is 2.42 bits per heavy atom. The van der Waals surface area contributed by atoms with Gasteiger partial charge in [-0.3, -0.25) is 0 Å². The van der Waals surface area contributed by atoms with Gasteiger partial charge in [0.15, 0.2) is 0 Å². The van der Waals surface area contributed by atoms with Crippen molar-refractivity contribution in [1.29, 1.82) is 0 Å². The number of carbonyl (C=O) groups is 1. The fraction of sp³-hybridized carbons (Fsp3) is 0.875. The van der Waals surface area contributed by atoms with Crippen molar-refractivity contribution in [1.82, 2.24) is 0 Å². The average Bonchev–Trinajstić information content (AvgIpc) is 2.29. The fourth-order valence-electron chi connectivity index (χ4n) is 1.68. The number of hydrogen-bond donors (Lipinski definition) is 0. The summed E-state index contributed by atoms with van der Waals surface area (Å²) in [6.07, 6.45) is 0.791. The first-order chi connectivity index (χ1) is 5.54. The van der Waals surface area contributed by atoms with Crippen LogP contribution in [0.1, 0.15) is 25.7 Å². The van der Waals surface area contributed by atoms with E-state index >= 15 is 0 Å². The van der Waals surface area contributed by atoms with Gasteiger partial charge < -0.3 is 4.79 Å². The third-order valence-electron chi connectivity index (χ3n) is 2.44. The van der Waals surface area contributed by atoms with Crippen molar-refractivity contribution in [3.05, 3.63) is 0 Å². The molecule has 0 aromatic carbocycles.